The van der Waals surface area contributed by atoms with Gasteiger partial charge >= 0.3 is 0 Å². The second-order valence-electron chi connectivity index (χ2n) is 6.72. The van der Waals surface area contributed by atoms with Crippen molar-refractivity contribution in [2.45, 2.75) is 10.1 Å². The Labute approximate surface area is 195 Å². The quantitative estimate of drug-likeness (QED) is 0.341. The van der Waals surface area contributed by atoms with Crippen LogP contribution in [0.5, 0.6) is 0 Å². The molecule has 0 aliphatic rings. The molecule has 1 aromatic carbocycles. The molecule has 32 heavy (non-hydrogen) atoms. The number of hydrogen-bond donors (Lipinski definition) is 1. The highest BCUT2D eigenvalue weighted by molar-refractivity contribution is 7.99. The molecule has 0 unspecified atom stereocenters. The number of pyridine rings is 1. The fourth-order valence-corrected chi connectivity index (χ4v) is 4.05. The highest BCUT2D eigenvalue weighted by Crippen LogP contribution is 2.37. The first-order valence-corrected chi connectivity index (χ1v) is 10.9. The van der Waals surface area contributed by atoms with Crippen molar-refractivity contribution in [2.75, 3.05) is 0 Å². The van der Waals surface area contributed by atoms with Gasteiger partial charge in [-0.05, 0) is 42.1 Å². The van der Waals surface area contributed by atoms with Crippen molar-refractivity contribution < 1.29 is 4.42 Å². The number of imidazole rings is 1. The Hall–Kier alpha value is -3.55. The van der Waals surface area contributed by atoms with Crippen LogP contribution in [-0.2, 0) is 7.05 Å². The fraction of sp³-hybridized carbons (Fsp3) is 0.0417. The highest BCUT2D eigenvalue weighted by Gasteiger charge is 2.19. The molecule has 0 spiro atoms. The van der Waals surface area contributed by atoms with Gasteiger partial charge in [-0.25, -0.2) is 15.0 Å². The topological polar surface area (TPSA) is 82.8 Å². The van der Waals surface area contributed by atoms with E-state index in [1.165, 1.54) is 11.8 Å². The molecule has 2 N–H and O–H groups in total. The van der Waals surface area contributed by atoms with Crippen LogP contribution in [0.4, 0.5) is 0 Å². The summed E-state index contributed by atoms with van der Waals surface area (Å²) in [6.45, 7) is 3.68. The predicted octanol–water partition coefficient (Wildman–Crippen LogP) is 5.98. The molecule has 0 fully saturated rings. The van der Waals surface area contributed by atoms with Gasteiger partial charge in [0, 0.05) is 24.4 Å². The molecule has 0 aliphatic heterocycles. The third-order valence-electron chi connectivity index (χ3n) is 4.56. The summed E-state index contributed by atoms with van der Waals surface area (Å²) in [4.78, 5) is 13.5. The molecule has 6 nitrogen and oxygen atoms in total. The minimum absolute atomic E-state index is 0.541. The molecule has 3 aromatic heterocycles. The third-order valence-corrected chi connectivity index (χ3v) is 5.90. The molecule has 0 aliphatic carbocycles. The lowest BCUT2D eigenvalue weighted by atomic mass is 10.1. The second kappa shape index (κ2) is 9.72. The molecule has 0 bridgehead atoms. The molecule has 3 heterocycles. The maximum Gasteiger partial charge on any atom is 0.225 e. The number of benzene rings is 1. The Morgan fingerprint density at radius 3 is 2.56 bits per heavy atom. The SMILES string of the molecule is C=C/C=C\C=C(/N)c1nc(-c2ccc(-c3ncco3)cc2)c(Sc2ccc(Cl)cn2)n1C. The van der Waals surface area contributed by atoms with Gasteiger partial charge in [0.15, 0.2) is 5.82 Å². The summed E-state index contributed by atoms with van der Waals surface area (Å²) in [5.74, 6) is 1.22. The number of halogens is 1. The van der Waals surface area contributed by atoms with E-state index in [9.17, 15) is 0 Å². The summed E-state index contributed by atoms with van der Waals surface area (Å²) >= 11 is 7.49. The molecule has 0 saturated heterocycles. The number of nitrogens with zero attached hydrogens (tertiary/aromatic N) is 4. The standard InChI is InChI=1S/C24H20ClN5OS/c1-3-4-5-6-19(26)22-29-21(16-7-9-17(10-8-16)23-27-13-14-31-23)24(30(22)2)32-20-12-11-18(25)15-28-20/h3-15H,1,26H2,2H3/b5-4-,19-6-. The average molecular weight is 462 g/mol. The van der Waals surface area contributed by atoms with E-state index in [0.717, 1.165) is 26.9 Å². The molecular formula is C24H20ClN5OS. The summed E-state index contributed by atoms with van der Waals surface area (Å²) in [5, 5.41) is 2.29. The van der Waals surface area contributed by atoms with Gasteiger partial charge in [0.1, 0.15) is 22.0 Å². The van der Waals surface area contributed by atoms with Gasteiger partial charge in [0.05, 0.1) is 16.9 Å². The summed E-state index contributed by atoms with van der Waals surface area (Å²) in [5.41, 5.74) is 9.49. The Kier molecular flexibility index (Phi) is 6.58. The van der Waals surface area contributed by atoms with Gasteiger partial charge in [-0.2, -0.15) is 0 Å². The van der Waals surface area contributed by atoms with Gasteiger partial charge in [0.2, 0.25) is 5.89 Å². The van der Waals surface area contributed by atoms with Gasteiger partial charge in [-0.3, -0.25) is 0 Å². The molecular weight excluding hydrogens is 442 g/mol. The van der Waals surface area contributed by atoms with Crippen LogP contribution in [0.3, 0.4) is 0 Å². The number of rotatable bonds is 7. The zero-order valence-corrected chi connectivity index (χ0v) is 18.8. The van der Waals surface area contributed by atoms with Crippen molar-refractivity contribution in [3.63, 3.8) is 0 Å². The van der Waals surface area contributed by atoms with E-state index in [4.69, 9.17) is 26.7 Å². The van der Waals surface area contributed by atoms with E-state index in [1.807, 2.05) is 60.2 Å². The highest BCUT2D eigenvalue weighted by atomic mass is 35.5. The van der Waals surface area contributed by atoms with Crippen LogP contribution < -0.4 is 5.73 Å². The first-order valence-electron chi connectivity index (χ1n) is 9.68. The summed E-state index contributed by atoms with van der Waals surface area (Å²) in [7, 11) is 1.93. The van der Waals surface area contributed by atoms with Gasteiger partial charge in [-0.1, -0.05) is 48.5 Å². The number of oxazole rings is 1. The van der Waals surface area contributed by atoms with E-state index >= 15 is 0 Å². The van der Waals surface area contributed by atoms with Crippen molar-refractivity contribution in [3.05, 3.63) is 96.8 Å². The van der Waals surface area contributed by atoms with Crippen LogP contribution in [-0.4, -0.2) is 19.5 Å². The normalized spacial score (nSPS) is 11.9. The number of aromatic nitrogens is 4. The van der Waals surface area contributed by atoms with Crippen LogP contribution in [0.2, 0.25) is 5.02 Å². The van der Waals surface area contributed by atoms with Crippen molar-refractivity contribution in [3.8, 4) is 22.7 Å². The molecule has 4 aromatic rings. The van der Waals surface area contributed by atoms with Crippen LogP contribution in [0, 0.1) is 0 Å². The van der Waals surface area contributed by atoms with Crippen LogP contribution >= 0.6 is 23.4 Å². The predicted molar refractivity (Wildman–Crippen MR) is 129 cm³/mol. The van der Waals surface area contributed by atoms with Crippen molar-refractivity contribution in [2.24, 2.45) is 12.8 Å². The number of nitrogens with two attached hydrogens (primary N) is 1. The lowest BCUT2D eigenvalue weighted by molar-refractivity contribution is 0.574. The van der Waals surface area contributed by atoms with E-state index in [0.29, 0.717) is 22.4 Å². The molecule has 0 amide bonds. The third kappa shape index (κ3) is 4.69. The van der Waals surface area contributed by atoms with Crippen molar-refractivity contribution >= 4 is 29.1 Å². The molecule has 8 heteroatoms. The van der Waals surface area contributed by atoms with Gasteiger partial charge in [0.25, 0.3) is 0 Å². The van der Waals surface area contributed by atoms with Crippen LogP contribution in [0.25, 0.3) is 28.4 Å². The monoisotopic (exact) mass is 461 g/mol. The Morgan fingerprint density at radius 2 is 1.91 bits per heavy atom. The van der Waals surface area contributed by atoms with Crippen LogP contribution in [0.1, 0.15) is 5.82 Å². The molecule has 0 atom stereocenters. The molecule has 0 radical (unpaired) electrons. The summed E-state index contributed by atoms with van der Waals surface area (Å²) in [6, 6.07) is 11.6. The minimum Gasteiger partial charge on any atom is -0.445 e. The van der Waals surface area contributed by atoms with Crippen molar-refractivity contribution in [1.82, 2.24) is 19.5 Å². The zero-order valence-electron chi connectivity index (χ0n) is 17.3. The lowest BCUT2D eigenvalue weighted by Crippen LogP contribution is -2.04. The summed E-state index contributed by atoms with van der Waals surface area (Å²) < 4.78 is 7.35. The van der Waals surface area contributed by atoms with E-state index in [1.54, 1.807) is 30.8 Å². The fourth-order valence-electron chi connectivity index (χ4n) is 3.02. The average Bonchev–Trinajstić information content (AvgIpc) is 3.45. The van der Waals surface area contributed by atoms with E-state index < -0.39 is 0 Å². The molecule has 4 rings (SSSR count). The first kappa shape index (κ1) is 21.7. The molecule has 160 valence electrons. The maximum atomic E-state index is 6.33. The molecule has 0 saturated carbocycles. The largest absolute Gasteiger partial charge is 0.445 e. The maximum absolute atomic E-state index is 6.33. The lowest BCUT2D eigenvalue weighted by Gasteiger charge is -2.07. The van der Waals surface area contributed by atoms with Gasteiger partial charge in [-0.15, -0.1) is 0 Å². The number of hydrogen-bond acceptors (Lipinski definition) is 6. The van der Waals surface area contributed by atoms with Crippen LogP contribution in [0.15, 0.2) is 100 Å². The number of allylic oxidation sites excluding steroid dienone is 4. The minimum atomic E-state index is 0.541. The Balaban J connectivity index is 1.77. The van der Waals surface area contributed by atoms with E-state index in [-0.39, 0.29) is 0 Å². The summed E-state index contributed by atoms with van der Waals surface area (Å²) in [6.07, 6.45) is 11.9. The zero-order chi connectivity index (χ0) is 22.5. The smallest absolute Gasteiger partial charge is 0.225 e. The second-order valence-corrected chi connectivity index (χ2v) is 8.17. The van der Waals surface area contributed by atoms with Crippen molar-refractivity contribution in [1.29, 1.82) is 0 Å². The Bertz CT molecular complexity index is 1270. The van der Waals surface area contributed by atoms with Gasteiger partial charge < -0.3 is 14.7 Å². The first-order chi connectivity index (χ1) is 15.6. The van der Waals surface area contributed by atoms with E-state index in [2.05, 4.69) is 16.5 Å². The Morgan fingerprint density at radius 1 is 1.12 bits per heavy atom.